The number of likely N-dealkylation sites (tertiary alicyclic amines) is 2. The minimum atomic E-state index is -2.06. The van der Waals surface area contributed by atoms with Gasteiger partial charge >= 0.3 is 0 Å². The number of aromatic nitrogens is 2. The normalized spacial score (nSPS) is 18.0. The molecule has 0 saturated carbocycles. The number of ether oxygens (including phenoxy) is 1. The number of hydrogen-bond donors (Lipinski definition) is 1. The van der Waals surface area contributed by atoms with Gasteiger partial charge in [0.1, 0.15) is 22.9 Å². The van der Waals surface area contributed by atoms with Crippen LogP contribution in [-0.4, -0.2) is 107 Å². The average Bonchev–Trinajstić information content (AvgIpc) is 3.26. The summed E-state index contributed by atoms with van der Waals surface area (Å²) < 4.78 is 22.2. The van der Waals surface area contributed by atoms with Crippen LogP contribution in [0, 0.1) is 11.3 Å². The molecule has 200 valence electrons. The third-order valence-corrected chi connectivity index (χ3v) is 6.62. The number of nitrogens with two attached hydrogens (primary N) is 1. The fourth-order valence-electron chi connectivity index (χ4n) is 4.54. The lowest BCUT2D eigenvalue weighted by molar-refractivity contribution is -0.165. The van der Waals surface area contributed by atoms with Crippen LogP contribution in [0.15, 0.2) is 41.8 Å². The van der Waals surface area contributed by atoms with E-state index in [-0.39, 0.29) is 38.1 Å². The second-order valence-corrected chi connectivity index (χ2v) is 9.74. The summed E-state index contributed by atoms with van der Waals surface area (Å²) in [5.41, 5.74) is 6.79. The molecule has 2 aromatic rings. The summed E-state index contributed by atoms with van der Waals surface area (Å²) in [5.74, 6) is -0.442. The molecule has 0 unspecified atom stereocenters. The van der Waals surface area contributed by atoms with E-state index < -0.39 is 11.6 Å². The number of likely N-dealkylation sites (N-methyl/N-ethyl adjacent to an activating group) is 1. The molecular formula is C26H31FN8O3. The number of methoxy groups -OCH3 is 1. The van der Waals surface area contributed by atoms with E-state index in [2.05, 4.69) is 16.2 Å². The fraction of sp³-hybridized carbons (Fsp3) is 0.423. The highest BCUT2D eigenvalue weighted by molar-refractivity contribution is 6.22. The first-order valence-electron chi connectivity index (χ1n) is 12.1. The Morgan fingerprint density at radius 2 is 2.08 bits per heavy atom. The Morgan fingerprint density at radius 3 is 2.68 bits per heavy atom. The highest BCUT2D eigenvalue weighted by atomic mass is 19.1. The van der Waals surface area contributed by atoms with Gasteiger partial charge in [0.25, 0.3) is 5.91 Å². The number of fused-ring (bicyclic) bond motifs is 1. The molecule has 0 bridgehead atoms. The van der Waals surface area contributed by atoms with Crippen molar-refractivity contribution in [2.24, 2.45) is 10.7 Å². The quantitative estimate of drug-likeness (QED) is 0.402. The van der Waals surface area contributed by atoms with Gasteiger partial charge in [-0.2, -0.15) is 10.4 Å². The first kappa shape index (κ1) is 26.8. The lowest BCUT2D eigenvalue weighted by atomic mass is 9.92. The Balaban J connectivity index is 1.37. The van der Waals surface area contributed by atoms with Crippen LogP contribution in [0.3, 0.4) is 0 Å². The van der Waals surface area contributed by atoms with Crippen molar-refractivity contribution in [3.8, 4) is 11.8 Å². The van der Waals surface area contributed by atoms with Crippen LogP contribution in [0.25, 0.3) is 11.1 Å². The Labute approximate surface area is 220 Å². The van der Waals surface area contributed by atoms with E-state index in [1.165, 1.54) is 35.4 Å². The number of nitriles is 1. The van der Waals surface area contributed by atoms with Gasteiger partial charge in [-0.1, -0.05) is 6.08 Å². The number of carbonyl (C=O) groups excluding carboxylic acids is 2. The lowest BCUT2D eigenvalue weighted by Crippen LogP contribution is -2.70. The fourth-order valence-corrected chi connectivity index (χ4v) is 4.54. The van der Waals surface area contributed by atoms with Crippen LogP contribution in [0.1, 0.15) is 18.1 Å². The van der Waals surface area contributed by atoms with Crippen LogP contribution in [0.2, 0.25) is 0 Å². The number of halogens is 1. The van der Waals surface area contributed by atoms with Crippen molar-refractivity contribution in [1.29, 1.82) is 5.26 Å². The van der Waals surface area contributed by atoms with Crippen molar-refractivity contribution in [2.45, 2.75) is 18.6 Å². The number of rotatable bonds is 8. The SMILES string of the molecule is COc1cc(/C(=C/N)C(C)=NC2CN(C(=O)C3(F)CN(C(=O)/C=C/CN(C)C)C3)C2)cn2ncc(C#N)c12. The third-order valence-electron chi connectivity index (χ3n) is 6.62. The number of amides is 2. The molecule has 2 N–H and O–H groups in total. The molecule has 4 heterocycles. The zero-order valence-corrected chi connectivity index (χ0v) is 21.9. The van der Waals surface area contributed by atoms with Crippen molar-refractivity contribution in [2.75, 3.05) is 53.9 Å². The Kier molecular flexibility index (Phi) is 7.50. The summed E-state index contributed by atoms with van der Waals surface area (Å²) in [6, 6.07) is 3.65. The van der Waals surface area contributed by atoms with E-state index in [4.69, 9.17) is 10.5 Å². The predicted molar refractivity (Wildman–Crippen MR) is 140 cm³/mol. The first-order valence-corrected chi connectivity index (χ1v) is 12.1. The van der Waals surface area contributed by atoms with Crippen molar-refractivity contribution < 1.29 is 18.7 Å². The molecule has 2 aliphatic rings. The number of pyridine rings is 1. The molecule has 0 radical (unpaired) electrons. The number of carbonyl (C=O) groups is 2. The molecule has 2 fully saturated rings. The van der Waals surface area contributed by atoms with E-state index in [1.54, 1.807) is 29.8 Å². The second-order valence-electron chi connectivity index (χ2n) is 9.74. The highest BCUT2D eigenvalue weighted by Gasteiger charge is 2.54. The monoisotopic (exact) mass is 522 g/mol. The number of hydrogen-bond acceptors (Lipinski definition) is 8. The number of aliphatic imine (C=N–C) groups is 1. The molecule has 4 rings (SSSR count). The molecule has 2 amide bonds. The van der Waals surface area contributed by atoms with Crippen LogP contribution >= 0.6 is 0 Å². The summed E-state index contributed by atoms with van der Waals surface area (Å²) >= 11 is 0. The van der Waals surface area contributed by atoms with Gasteiger partial charge in [-0.25, -0.2) is 8.91 Å². The molecule has 0 aromatic carbocycles. The molecular weight excluding hydrogens is 491 g/mol. The molecule has 12 heteroatoms. The van der Waals surface area contributed by atoms with Crippen molar-refractivity contribution in [3.63, 3.8) is 0 Å². The summed E-state index contributed by atoms with van der Waals surface area (Å²) in [5, 5.41) is 13.5. The largest absolute Gasteiger partial charge is 0.494 e. The van der Waals surface area contributed by atoms with E-state index in [9.17, 15) is 14.9 Å². The molecule has 2 saturated heterocycles. The highest BCUT2D eigenvalue weighted by Crippen LogP contribution is 2.31. The zero-order valence-electron chi connectivity index (χ0n) is 21.9. The van der Waals surface area contributed by atoms with E-state index in [0.717, 1.165) is 0 Å². The maximum atomic E-state index is 15.1. The number of allylic oxidation sites excluding steroid dienone is 1. The molecule has 0 atom stereocenters. The molecule has 11 nitrogen and oxygen atoms in total. The number of alkyl halides is 1. The molecule has 0 spiro atoms. The molecule has 2 aliphatic heterocycles. The topological polar surface area (TPSA) is 133 Å². The molecule has 38 heavy (non-hydrogen) atoms. The Bertz CT molecular complexity index is 1370. The van der Waals surface area contributed by atoms with Gasteiger partial charge in [-0.15, -0.1) is 0 Å². The minimum absolute atomic E-state index is 0.204. The van der Waals surface area contributed by atoms with E-state index in [0.29, 0.717) is 40.2 Å². The zero-order chi connectivity index (χ0) is 27.6. The second kappa shape index (κ2) is 10.6. The van der Waals surface area contributed by atoms with Gasteiger partial charge in [0, 0.05) is 55.0 Å². The van der Waals surface area contributed by atoms with Gasteiger partial charge < -0.3 is 25.2 Å². The van der Waals surface area contributed by atoms with Crippen molar-refractivity contribution in [3.05, 3.63) is 47.9 Å². The van der Waals surface area contributed by atoms with Crippen LogP contribution in [0.5, 0.6) is 5.75 Å². The summed E-state index contributed by atoms with van der Waals surface area (Å²) in [7, 11) is 5.27. The summed E-state index contributed by atoms with van der Waals surface area (Å²) in [6.45, 7) is 2.48. The van der Waals surface area contributed by atoms with Crippen molar-refractivity contribution in [1.82, 2.24) is 24.3 Å². The Morgan fingerprint density at radius 1 is 1.37 bits per heavy atom. The van der Waals surface area contributed by atoms with E-state index in [1.807, 2.05) is 19.0 Å². The average molecular weight is 523 g/mol. The third kappa shape index (κ3) is 5.10. The van der Waals surface area contributed by atoms with Crippen LogP contribution in [0.4, 0.5) is 4.39 Å². The van der Waals surface area contributed by atoms with E-state index >= 15 is 4.39 Å². The first-order chi connectivity index (χ1) is 18.1. The standard InChI is InChI=1S/C26H31FN8O3/c1-17(21(10-29)18-8-22(38-4)24-19(9-28)11-30-35(24)12-18)31-20-13-33(14-20)25(37)26(27)15-34(16-26)23(36)6-5-7-32(2)3/h5-6,8,10-12,20H,7,13-16,29H2,1-4H3/b6-5+,21-10+,31-17?. The molecule has 0 aliphatic carbocycles. The maximum Gasteiger partial charge on any atom is 0.264 e. The van der Waals surface area contributed by atoms with Gasteiger partial charge in [0.05, 0.1) is 32.4 Å². The minimum Gasteiger partial charge on any atom is -0.494 e. The summed E-state index contributed by atoms with van der Waals surface area (Å²) in [6.07, 6.45) is 7.75. The lowest BCUT2D eigenvalue weighted by Gasteiger charge is -2.48. The van der Waals surface area contributed by atoms with Crippen LogP contribution < -0.4 is 10.5 Å². The summed E-state index contributed by atoms with van der Waals surface area (Å²) in [4.78, 5) is 34.2. The van der Waals surface area contributed by atoms with Gasteiger partial charge in [-0.05, 0) is 27.1 Å². The van der Waals surface area contributed by atoms with Crippen molar-refractivity contribution >= 4 is 28.6 Å². The molecule has 2 aromatic heterocycles. The smallest absolute Gasteiger partial charge is 0.264 e. The Hall–Kier alpha value is -4.24. The van der Waals surface area contributed by atoms with Crippen LogP contribution in [-0.2, 0) is 9.59 Å². The van der Waals surface area contributed by atoms with Gasteiger partial charge in [0.2, 0.25) is 11.6 Å². The van der Waals surface area contributed by atoms with Gasteiger partial charge in [0.15, 0.2) is 0 Å². The number of nitrogens with zero attached hydrogens (tertiary/aromatic N) is 7. The van der Waals surface area contributed by atoms with Gasteiger partial charge in [-0.3, -0.25) is 14.6 Å². The predicted octanol–water partition coefficient (Wildman–Crippen LogP) is 0.854. The maximum absolute atomic E-state index is 15.1.